The molecule has 1 fully saturated rings. The van der Waals surface area contributed by atoms with Gasteiger partial charge in [-0.1, -0.05) is 26.8 Å². The second-order valence-corrected chi connectivity index (χ2v) is 5.67. The van der Waals surface area contributed by atoms with Gasteiger partial charge in [-0.15, -0.1) is 6.58 Å². The standard InChI is InChI=1S/C11H23N3/c1-6-11(5,7-10(2,3)4)14-9-8(12)13-9/h6,8-9,13-14H,1,7,12H2,2-5H3. The van der Waals surface area contributed by atoms with Gasteiger partial charge in [-0.3, -0.25) is 10.6 Å². The van der Waals surface area contributed by atoms with Crippen molar-refractivity contribution in [2.24, 2.45) is 11.1 Å². The third-order valence-electron chi connectivity index (χ3n) is 2.46. The minimum atomic E-state index is -0.0377. The van der Waals surface area contributed by atoms with E-state index in [2.05, 4.69) is 44.9 Å². The molecule has 14 heavy (non-hydrogen) atoms. The fraction of sp³-hybridized carbons (Fsp3) is 0.818. The molecule has 0 aromatic rings. The molecule has 3 atom stereocenters. The summed E-state index contributed by atoms with van der Waals surface area (Å²) < 4.78 is 0. The van der Waals surface area contributed by atoms with Crippen LogP contribution in [0.1, 0.15) is 34.1 Å². The van der Waals surface area contributed by atoms with Crippen molar-refractivity contribution in [3.8, 4) is 0 Å². The SMILES string of the molecule is C=CC(C)(CC(C)(C)C)NC1NC1N. The van der Waals surface area contributed by atoms with Crippen LogP contribution in [0.15, 0.2) is 12.7 Å². The van der Waals surface area contributed by atoms with Crippen LogP contribution in [-0.2, 0) is 0 Å². The molecule has 4 N–H and O–H groups in total. The number of rotatable bonds is 4. The maximum absolute atomic E-state index is 5.68. The monoisotopic (exact) mass is 197 g/mol. The molecular formula is C11H23N3. The van der Waals surface area contributed by atoms with E-state index in [1.165, 1.54) is 0 Å². The van der Waals surface area contributed by atoms with Crippen molar-refractivity contribution in [2.45, 2.75) is 52.0 Å². The van der Waals surface area contributed by atoms with E-state index >= 15 is 0 Å². The lowest BCUT2D eigenvalue weighted by atomic mass is 9.81. The first kappa shape index (κ1) is 11.7. The topological polar surface area (TPSA) is 60.0 Å². The van der Waals surface area contributed by atoms with Crippen molar-refractivity contribution in [3.05, 3.63) is 12.7 Å². The van der Waals surface area contributed by atoms with Gasteiger partial charge in [0.15, 0.2) is 0 Å². The summed E-state index contributed by atoms with van der Waals surface area (Å²) in [4.78, 5) is 0. The zero-order valence-corrected chi connectivity index (χ0v) is 9.72. The number of hydrogen-bond acceptors (Lipinski definition) is 3. The fourth-order valence-corrected chi connectivity index (χ4v) is 1.92. The lowest BCUT2D eigenvalue weighted by Crippen LogP contribution is -2.46. The molecule has 0 amide bonds. The zero-order valence-electron chi connectivity index (χ0n) is 9.72. The Kier molecular flexibility index (Phi) is 3.04. The van der Waals surface area contributed by atoms with Crippen molar-refractivity contribution >= 4 is 0 Å². The minimum Gasteiger partial charge on any atom is -0.313 e. The summed E-state index contributed by atoms with van der Waals surface area (Å²) in [5.74, 6) is 0. The van der Waals surface area contributed by atoms with Gasteiger partial charge in [0, 0.05) is 5.54 Å². The van der Waals surface area contributed by atoms with Gasteiger partial charge in [-0.25, -0.2) is 0 Å². The van der Waals surface area contributed by atoms with Gasteiger partial charge in [-0.2, -0.15) is 0 Å². The van der Waals surface area contributed by atoms with Crippen molar-refractivity contribution in [1.82, 2.24) is 10.6 Å². The van der Waals surface area contributed by atoms with Gasteiger partial charge in [-0.05, 0) is 18.8 Å². The van der Waals surface area contributed by atoms with Crippen LogP contribution in [0, 0.1) is 5.41 Å². The Morgan fingerprint density at radius 2 is 1.93 bits per heavy atom. The molecule has 82 valence electrons. The highest BCUT2D eigenvalue weighted by Crippen LogP contribution is 2.28. The van der Waals surface area contributed by atoms with Crippen LogP contribution in [0.25, 0.3) is 0 Å². The molecule has 1 aliphatic rings. The average molecular weight is 197 g/mol. The van der Waals surface area contributed by atoms with Crippen molar-refractivity contribution < 1.29 is 0 Å². The molecule has 1 saturated heterocycles. The van der Waals surface area contributed by atoms with Gasteiger partial charge < -0.3 is 5.73 Å². The molecule has 0 aromatic heterocycles. The average Bonchev–Trinajstić information content (AvgIpc) is 2.62. The maximum atomic E-state index is 5.68. The predicted molar refractivity (Wildman–Crippen MR) is 60.7 cm³/mol. The molecule has 1 aliphatic heterocycles. The number of nitrogens with two attached hydrogens (primary N) is 1. The highest BCUT2D eigenvalue weighted by atomic mass is 15.4. The first-order valence-corrected chi connectivity index (χ1v) is 5.19. The van der Waals surface area contributed by atoms with E-state index in [0.29, 0.717) is 0 Å². The van der Waals surface area contributed by atoms with E-state index in [-0.39, 0.29) is 23.3 Å². The van der Waals surface area contributed by atoms with E-state index in [4.69, 9.17) is 5.73 Å². The smallest absolute Gasteiger partial charge is 0.0884 e. The Morgan fingerprint density at radius 3 is 2.21 bits per heavy atom. The van der Waals surface area contributed by atoms with Crippen LogP contribution in [0.4, 0.5) is 0 Å². The molecule has 1 heterocycles. The Bertz CT molecular complexity index is 219. The molecule has 0 bridgehead atoms. The molecule has 0 aliphatic carbocycles. The van der Waals surface area contributed by atoms with Gasteiger partial charge in [0.2, 0.25) is 0 Å². The van der Waals surface area contributed by atoms with E-state index in [9.17, 15) is 0 Å². The lowest BCUT2D eigenvalue weighted by Gasteiger charge is -2.34. The van der Waals surface area contributed by atoms with Crippen LogP contribution in [0.3, 0.4) is 0 Å². The normalized spacial score (nSPS) is 30.9. The van der Waals surface area contributed by atoms with Gasteiger partial charge in [0.1, 0.15) is 0 Å². The molecular weight excluding hydrogens is 174 g/mol. The van der Waals surface area contributed by atoms with Crippen molar-refractivity contribution in [1.29, 1.82) is 0 Å². The molecule has 0 radical (unpaired) electrons. The van der Waals surface area contributed by atoms with Gasteiger partial charge in [0.05, 0.1) is 12.3 Å². The van der Waals surface area contributed by atoms with Crippen LogP contribution in [-0.4, -0.2) is 17.9 Å². The van der Waals surface area contributed by atoms with Crippen molar-refractivity contribution in [3.63, 3.8) is 0 Å². The Morgan fingerprint density at radius 1 is 1.43 bits per heavy atom. The van der Waals surface area contributed by atoms with Crippen molar-refractivity contribution in [2.75, 3.05) is 0 Å². The van der Waals surface area contributed by atoms with Gasteiger partial charge >= 0.3 is 0 Å². The lowest BCUT2D eigenvalue weighted by molar-refractivity contribution is 0.263. The second kappa shape index (κ2) is 3.65. The molecule has 3 unspecified atom stereocenters. The molecule has 0 saturated carbocycles. The summed E-state index contributed by atoms with van der Waals surface area (Å²) in [5.41, 5.74) is 5.93. The largest absolute Gasteiger partial charge is 0.313 e. The van der Waals surface area contributed by atoms with E-state index in [1.54, 1.807) is 0 Å². The van der Waals surface area contributed by atoms with Crippen LogP contribution in [0.2, 0.25) is 0 Å². The van der Waals surface area contributed by atoms with Gasteiger partial charge in [0.25, 0.3) is 0 Å². The molecule has 3 heteroatoms. The van der Waals surface area contributed by atoms with Crippen LogP contribution in [0.5, 0.6) is 0 Å². The summed E-state index contributed by atoms with van der Waals surface area (Å²) in [5, 5.41) is 6.60. The van der Waals surface area contributed by atoms with E-state index < -0.39 is 0 Å². The summed E-state index contributed by atoms with van der Waals surface area (Å²) in [7, 11) is 0. The Balaban J connectivity index is 2.52. The maximum Gasteiger partial charge on any atom is 0.0884 e. The summed E-state index contributed by atoms with van der Waals surface area (Å²) in [6, 6.07) is 0. The number of hydrogen-bond donors (Lipinski definition) is 3. The quantitative estimate of drug-likeness (QED) is 0.468. The zero-order chi connectivity index (χ0) is 11.0. The Labute approximate surface area is 87.1 Å². The summed E-state index contributed by atoms with van der Waals surface area (Å²) in [6.45, 7) is 12.8. The first-order valence-electron chi connectivity index (χ1n) is 5.19. The molecule has 0 aromatic carbocycles. The third kappa shape index (κ3) is 3.40. The molecule has 1 rings (SSSR count). The summed E-state index contributed by atoms with van der Waals surface area (Å²) >= 11 is 0. The van der Waals surface area contributed by atoms with Crippen LogP contribution >= 0.6 is 0 Å². The second-order valence-electron chi connectivity index (χ2n) is 5.67. The van der Waals surface area contributed by atoms with E-state index in [1.807, 2.05) is 6.08 Å². The predicted octanol–water partition coefficient (Wildman–Crippen LogP) is 1.17. The Hall–Kier alpha value is -0.380. The first-order chi connectivity index (χ1) is 6.26. The summed E-state index contributed by atoms with van der Waals surface area (Å²) in [6.07, 6.45) is 3.38. The highest BCUT2D eigenvalue weighted by Gasteiger charge is 2.38. The highest BCUT2D eigenvalue weighted by molar-refractivity contribution is 5.07. The minimum absolute atomic E-state index is 0.0377. The molecule has 3 nitrogen and oxygen atoms in total. The van der Waals surface area contributed by atoms with Crippen LogP contribution < -0.4 is 16.4 Å². The number of nitrogens with one attached hydrogen (secondary N) is 2. The third-order valence-corrected chi connectivity index (χ3v) is 2.46. The fourth-order valence-electron chi connectivity index (χ4n) is 1.92. The molecule has 0 spiro atoms. The van der Waals surface area contributed by atoms with E-state index in [0.717, 1.165) is 6.42 Å².